The maximum atomic E-state index is 12.3. The second-order valence-electron chi connectivity index (χ2n) is 7.34. The lowest BCUT2D eigenvalue weighted by Crippen LogP contribution is -2.15. The number of aromatic amines is 1. The van der Waals surface area contributed by atoms with Crippen molar-refractivity contribution in [1.29, 1.82) is 0 Å². The van der Waals surface area contributed by atoms with Gasteiger partial charge in [-0.2, -0.15) is 9.50 Å². The zero-order valence-corrected chi connectivity index (χ0v) is 18.6. The Kier molecular flexibility index (Phi) is 5.87. The quantitative estimate of drug-likeness (QED) is 0.421. The number of rotatable bonds is 7. The minimum absolute atomic E-state index is 0.0146. The topological polar surface area (TPSA) is 105 Å². The molecule has 0 saturated carbocycles. The average Bonchev–Trinajstić information content (AvgIpc) is 3.29. The molecule has 4 aromatic rings. The number of aromatic nitrogens is 5. The number of amides is 1. The number of hydrogen-bond donors (Lipinski definition) is 2. The number of fused-ring (bicyclic) bond motifs is 2. The molecule has 30 heavy (non-hydrogen) atoms. The molecule has 3 aromatic heterocycles. The van der Waals surface area contributed by atoms with Crippen molar-refractivity contribution in [2.24, 2.45) is 5.92 Å². The summed E-state index contributed by atoms with van der Waals surface area (Å²) in [7, 11) is 0. The van der Waals surface area contributed by atoms with Gasteiger partial charge in [0.25, 0.3) is 11.3 Å². The number of nitrogens with one attached hydrogen (secondary N) is 2. The van der Waals surface area contributed by atoms with E-state index in [1.807, 2.05) is 39.0 Å². The Bertz CT molecular complexity index is 1270. The number of aryl methyl sites for hydroxylation is 1. The van der Waals surface area contributed by atoms with Crippen LogP contribution in [0.4, 0.5) is 5.69 Å². The second-order valence-corrected chi connectivity index (χ2v) is 9.60. The first kappa shape index (κ1) is 20.5. The molecular weight excluding hydrogens is 420 g/mol. The van der Waals surface area contributed by atoms with Crippen LogP contribution in [0.25, 0.3) is 16.0 Å². The second kappa shape index (κ2) is 8.57. The molecule has 0 bridgehead atoms. The van der Waals surface area contributed by atoms with E-state index >= 15 is 0 Å². The molecule has 0 aliphatic carbocycles. The molecular formula is C20H22N6O2S2. The molecule has 3 heterocycles. The molecule has 2 N–H and O–H groups in total. The SMILES string of the molecule is CCc1nc2nc(CSc3nc4ccc(NC(=O)CC(C)C)cc4s3)cc(=O)n2[nH]1. The minimum atomic E-state index is -0.172. The zero-order valence-electron chi connectivity index (χ0n) is 16.9. The van der Waals surface area contributed by atoms with Crippen molar-refractivity contribution >= 4 is 50.7 Å². The van der Waals surface area contributed by atoms with Crippen LogP contribution in [0.3, 0.4) is 0 Å². The Balaban J connectivity index is 1.48. The molecule has 0 saturated heterocycles. The van der Waals surface area contributed by atoms with Crippen LogP contribution in [0.2, 0.25) is 0 Å². The van der Waals surface area contributed by atoms with Gasteiger partial charge in [-0.1, -0.05) is 32.5 Å². The minimum Gasteiger partial charge on any atom is -0.326 e. The third kappa shape index (κ3) is 4.54. The molecule has 0 aliphatic rings. The van der Waals surface area contributed by atoms with Crippen LogP contribution in [-0.4, -0.2) is 30.5 Å². The van der Waals surface area contributed by atoms with Crippen LogP contribution >= 0.6 is 23.1 Å². The number of benzene rings is 1. The summed E-state index contributed by atoms with van der Waals surface area (Å²) in [5, 5.41) is 5.88. The third-order valence-corrected chi connectivity index (χ3v) is 6.55. The summed E-state index contributed by atoms with van der Waals surface area (Å²) in [5.41, 5.74) is 2.15. The first-order chi connectivity index (χ1) is 14.4. The van der Waals surface area contributed by atoms with Crippen molar-refractivity contribution in [3.8, 4) is 0 Å². The van der Waals surface area contributed by atoms with Gasteiger partial charge in [0.15, 0.2) is 4.34 Å². The van der Waals surface area contributed by atoms with E-state index in [4.69, 9.17) is 0 Å². The molecule has 0 fully saturated rings. The third-order valence-electron chi connectivity index (χ3n) is 4.35. The van der Waals surface area contributed by atoms with E-state index in [9.17, 15) is 9.59 Å². The molecule has 0 unspecified atom stereocenters. The van der Waals surface area contributed by atoms with E-state index in [-0.39, 0.29) is 11.5 Å². The molecule has 0 aliphatic heterocycles. The molecule has 4 rings (SSSR count). The Morgan fingerprint density at radius 1 is 1.27 bits per heavy atom. The number of anilines is 1. The number of carbonyl (C=O) groups excluding carboxylic acids is 1. The van der Waals surface area contributed by atoms with Crippen LogP contribution in [0.5, 0.6) is 0 Å². The van der Waals surface area contributed by atoms with Crippen molar-refractivity contribution in [3.05, 3.63) is 46.1 Å². The fraction of sp³-hybridized carbons (Fsp3) is 0.350. The predicted octanol–water partition coefficient (Wildman–Crippen LogP) is 3.87. The van der Waals surface area contributed by atoms with Crippen LogP contribution in [-0.2, 0) is 17.0 Å². The fourth-order valence-electron chi connectivity index (χ4n) is 2.96. The van der Waals surface area contributed by atoms with Crippen molar-refractivity contribution in [1.82, 2.24) is 24.6 Å². The molecule has 8 nitrogen and oxygen atoms in total. The van der Waals surface area contributed by atoms with E-state index in [2.05, 4.69) is 25.4 Å². The van der Waals surface area contributed by atoms with Gasteiger partial charge in [0, 0.05) is 30.3 Å². The molecule has 10 heteroatoms. The van der Waals surface area contributed by atoms with Crippen molar-refractivity contribution in [2.75, 3.05) is 5.32 Å². The molecule has 0 spiro atoms. The number of thioether (sulfide) groups is 1. The van der Waals surface area contributed by atoms with Gasteiger partial charge >= 0.3 is 0 Å². The first-order valence-electron chi connectivity index (χ1n) is 9.72. The summed E-state index contributed by atoms with van der Waals surface area (Å²) in [5.74, 6) is 1.97. The highest BCUT2D eigenvalue weighted by Gasteiger charge is 2.11. The van der Waals surface area contributed by atoms with Gasteiger partial charge < -0.3 is 5.32 Å². The number of carbonyl (C=O) groups is 1. The van der Waals surface area contributed by atoms with E-state index in [0.29, 0.717) is 36.0 Å². The van der Waals surface area contributed by atoms with Crippen LogP contribution in [0.1, 0.15) is 38.7 Å². The summed E-state index contributed by atoms with van der Waals surface area (Å²) >= 11 is 3.08. The molecule has 1 amide bonds. The summed E-state index contributed by atoms with van der Waals surface area (Å²) in [4.78, 5) is 37.7. The van der Waals surface area contributed by atoms with Gasteiger partial charge in [-0.05, 0) is 24.1 Å². The average molecular weight is 443 g/mol. The molecule has 0 atom stereocenters. The van der Waals surface area contributed by atoms with Gasteiger partial charge in [0.2, 0.25) is 5.91 Å². The normalized spacial score (nSPS) is 11.6. The highest BCUT2D eigenvalue weighted by atomic mass is 32.2. The maximum Gasteiger partial charge on any atom is 0.274 e. The summed E-state index contributed by atoms with van der Waals surface area (Å²) < 4.78 is 3.25. The lowest BCUT2D eigenvalue weighted by Gasteiger charge is -2.06. The molecule has 156 valence electrons. The van der Waals surface area contributed by atoms with E-state index in [0.717, 1.165) is 26.1 Å². The van der Waals surface area contributed by atoms with Crippen LogP contribution in [0.15, 0.2) is 33.4 Å². The Hall–Kier alpha value is -2.72. The molecule has 0 radical (unpaired) electrons. The highest BCUT2D eigenvalue weighted by molar-refractivity contribution is 8.00. The smallest absolute Gasteiger partial charge is 0.274 e. The number of nitrogens with zero attached hydrogens (tertiary/aromatic N) is 4. The summed E-state index contributed by atoms with van der Waals surface area (Å²) in [6.45, 7) is 6.00. The van der Waals surface area contributed by atoms with Crippen molar-refractivity contribution in [3.63, 3.8) is 0 Å². The lowest BCUT2D eigenvalue weighted by atomic mass is 10.1. The van der Waals surface area contributed by atoms with E-state index in [1.54, 1.807) is 11.3 Å². The van der Waals surface area contributed by atoms with E-state index in [1.165, 1.54) is 22.3 Å². The monoisotopic (exact) mass is 442 g/mol. The Morgan fingerprint density at radius 3 is 2.87 bits per heavy atom. The summed E-state index contributed by atoms with van der Waals surface area (Å²) in [6.07, 6.45) is 1.20. The van der Waals surface area contributed by atoms with Crippen molar-refractivity contribution < 1.29 is 4.79 Å². The Labute approximate surface area is 181 Å². The van der Waals surface area contributed by atoms with Gasteiger partial charge in [-0.3, -0.25) is 14.7 Å². The number of H-pyrrole nitrogens is 1. The molecule has 1 aromatic carbocycles. The highest BCUT2D eigenvalue weighted by Crippen LogP contribution is 2.32. The van der Waals surface area contributed by atoms with Crippen LogP contribution < -0.4 is 10.9 Å². The largest absolute Gasteiger partial charge is 0.326 e. The van der Waals surface area contributed by atoms with Crippen molar-refractivity contribution in [2.45, 2.75) is 43.7 Å². The fourth-order valence-corrected chi connectivity index (χ4v) is 4.96. The maximum absolute atomic E-state index is 12.3. The predicted molar refractivity (Wildman–Crippen MR) is 120 cm³/mol. The lowest BCUT2D eigenvalue weighted by molar-refractivity contribution is -0.116. The van der Waals surface area contributed by atoms with Crippen LogP contribution in [0, 0.1) is 5.92 Å². The standard InChI is InChI=1S/C20H22N6O2S2/c1-4-16-24-19-22-13(9-18(28)26(19)25-16)10-29-20-23-14-6-5-12(8-15(14)30-20)21-17(27)7-11(2)3/h5-6,8-9,11H,4,7,10H2,1-3H3,(H,21,27)(H,22,24,25). The van der Waals surface area contributed by atoms with E-state index < -0.39 is 0 Å². The van der Waals surface area contributed by atoms with Gasteiger partial charge in [-0.25, -0.2) is 9.97 Å². The number of hydrogen-bond acceptors (Lipinski definition) is 7. The number of thiazole rings is 1. The zero-order chi connectivity index (χ0) is 21.3. The Morgan fingerprint density at radius 2 is 2.10 bits per heavy atom. The van der Waals surface area contributed by atoms with Gasteiger partial charge in [0.05, 0.1) is 15.9 Å². The summed E-state index contributed by atoms with van der Waals surface area (Å²) in [6, 6.07) is 7.25. The first-order valence-corrected chi connectivity index (χ1v) is 11.5. The van der Waals surface area contributed by atoms with Gasteiger partial charge in [0.1, 0.15) is 5.82 Å². The van der Waals surface area contributed by atoms with Gasteiger partial charge in [-0.15, -0.1) is 11.3 Å².